The third-order valence-electron chi connectivity index (χ3n) is 4.56. The van der Waals surface area contributed by atoms with E-state index in [1.807, 2.05) is 54.6 Å². The highest BCUT2D eigenvalue weighted by Gasteiger charge is 2.19. The average Bonchev–Trinajstić information content (AvgIpc) is 3.23. The van der Waals surface area contributed by atoms with Crippen LogP contribution in [0, 0.1) is 6.92 Å². The number of benzene rings is 2. The Hall–Kier alpha value is -3.72. The standard InChI is InChI=1S/C20H18N6O2S/c1-12-16(20(28)26(25(12)2)13-8-4-3-5-9-13)23-24-17(18(21)27)19-22-14-10-6-7-11-15(14)29-19/h3-11,23H,1-2H3,(H2,21,27)/b24-17+. The first-order chi connectivity index (χ1) is 14.0. The minimum atomic E-state index is -0.728. The first-order valence-corrected chi connectivity index (χ1v) is 9.62. The predicted molar refractivity (Wildman–Crippen MR) is 115 cm³/mol. The zero-order chi connectivity index (χ0) is 20.5. The van der Waals surface area contributed by atoms with Gasteiger partial charge in [0.2, 0.25) is 0 Å². The molecule has 0 saturated carbocycles. The molecular weight excluding hydrogens is 388 g/mol. The quantitative estimate of drug-likeness (QED) is 0.392. The van der Waals surface area contributed by atoms with Gasteiger partial charge in [0.15, 0.2) is 10.7 Å². The van der Waals surface area contributed by atoms with Gasteiger partial charge in [-0.25, -0.2) is 9.67 Å². The van der Waals surface area contributed by atoms with Crippen LogP contribution in [0.15, 0.2) is 64.5 Å². The molecule has 4 rings (SSSR count). The van der Waals surface area contributed by atoms with E-state index in [2.05, 4.69) is 15.5 Å². The Morgan fingerprint density at radius 3 is 2.52 bits per heavy atom. The minimum absolute atomic E-state index is 0.0277. The smallest absolute Gasteiger partial charge is 0.296 e. The maximum Gasteiger partial charge on any atom is 0.296 e. The summed E-state index contributed by atoms with van der Waals surface area (Å²) < 4.78 is 4.16. The molecule has 0 aliphatic carbocycles. The topological polar surface area (TPSA) is 107 Å². The molecule has 0 aliphatic rings. The van der Waals surface area contributed by atoms with E-state index in [0.717, 1.165) is 15.9 Å². The van der Waals surface area contributed by atoms with Crippen LogP contribution >= 0.6 is 11.3 Å². The summed E-state index contributed by atoms with van der Waals surface area (Å²) in [5.74, 6) is -0.728. The maximum atomic E-state index is 13.0. The van der Waals surface area contributed by atoms with Crippen LogP contribution in [-0.4, -0.2) is 26.0 Å². The van der Waals surface area contributed by atoms with Gasteiger partial charge in [-0.2, -0.15) is 5.10 Å². The molecule has 0 aliphatic heterocycles. The van der Waals surface area contributed by atoms with E-state index in [1.165, 1.54) is 16.0 Å². The largest absolute Gasteiger partial charge is 0.364 e. The zero-order valence-electron chi connectivity index (χ0n) is 15.8. The number of nitrogens with one attached hydrogen (secondary N) is 1. The van der Waals surface area contributed by atoms with Crippen LogP contribution in [0.4, 0.5) is 5.69 Å². The molecule has 1 amide bonds. The molecule has 146 valence electrons. The normalized spacial score (nSPS) is 11.7. The molecule has 0 atom stereocenters. The van der Waals surface area contributed by atoms with Gasteiger partial charge < -0.3 is 5.73 Å². The molecule has 9 heteroatoms. The number of aromatic nitrogens is 3. The number of rotatable bonds is 5. The molecule has 29 heavy (non-hydrogen) atoms. The zero-order valence-corrected chi connectivity index (χ0v) is 16.6. The van der Waals surface area contributed by atoms with Crippen LogP contribution in [0.3, 0.4) is 0 Å². The van der Waals surface area contributed by atoms with E-state index in [4.69, 9.17) is 5.73 Å². The van der Waals surface area contributed by atoms with Gasteiger partial charge in [-0.15, -0.1) is 11.3 Å². The molecule has 0 radical (unpaired) electrons. The fourth-order valence-corrected chi connectivity index (χ4v) is 3.95. The Morgan fingerprint density at radius 2 is 1.83 bits per heavy atom. The number of carbonyl (C=O) groups is 1. The second-order valence-electron chi connectivity index (χ2n) is 6.36. The number of thiazole rings is 1. The fraction of sp³-hybridized carbons (Fsp3) is 0.100. The van der Waals surface area contributed by atoms with Crippen LogP contribution in [0.5, 0.6) is 0 Å². The number of hydrogen-bond acceptors (Lipinski definition) is 6. The van der Waals surface area contributed by atoms with Crippen LogP contribution in [-0.2, 0) is 11.8 Å². The molecule has 0 spiro atoms. The van der Waals surface area contributed by atoms with Crippen molar-refractivity contribution < 1.29 is 4.79 Å². The minimum Gasteiger partial charge on any atom is -0.364 e. The van der Waals surface area contributed by atoms with Crippen molar-refractivity contribution in [3.8, 4) is 5.69 Å². The Morgan fingerprint density at radius 1 is 1.14 bits per heavy atom. The SMILES string of the molecule is Cc1c(N/N=C(\C(N)=O)c2nc3ccccc3s2)c(=O)n(-c2ccccc2)n1C. The monoisotopic (exact) mass is 406 g/mol. The highest BCUT2D eigenvalue weighted by molar-refractivity contribution is 7.21. The van der Waals surface area contributed by atoms with E-state index in [0.29, 0.717) is 10.7 Å². The Kier molecular flexibility index (Phi) is 4.73. The van der Waals surface area contributed by atoms with Crippen molar-refractivity contribution in [2.45, 2.75) is 6.92 Å². The second-order valence-corrected chi connectivity index (χ2v) is 7.39. The third kappa shape index (κ3) is 3.32. The second kappa shape index (κ2) is 7.36. The number of anilines is 1. The van der Waals surface area contributed by atoms with Crippen molar-refractivity contribution in [2.75, 3.05) is 5.43 Å². The number of hydrogen-bond donors (Lipinski definition) is 2. The van der Waals surface area contributed by atoms with Gasteiger partial charge in [-0.3, -0.25) is 19.7 Å². The summed E-state index contributed by atoms with van der Waals surface area (Å²) in [5.41, 5.74) is 10.3. The van der Waals surface area contributed by atoms with Gasteiger partial charge in [-0.1, -0.05) is 30.3 Å². The average molecular weight is 406 g/mol. The lowest BCUT2D eigenvalue weighted by Crippen LogP contribution is -2.26. The number of nitrogens with two attached hydrogens (primary N) is 1. The van der Waals surface area contributed by atoms with Gasteiger partial charge in [0, 0.05) is 7.05 Å². The molecule has 8 nitrogen and oxygen atoms in total. The molecule has 0 unspecified atom stereocenters. The highest BCUT2D eigenvalue weighted by atomic mass is 32.1. The summed E-state index contributed by atoms with van der Waals surface area (Å²) in [6, 6.07) is 16.8. The van der Waals surface area contributed by atoms with Crippen LogP contribution < -0.4 is 16.7 Å². The molecule has 0 fully saturated rings. The molecule has 3 N–H and O–H groups in total. The van der Waals surface area contributed by atoms with Crippen LogP contribution in [0.25, 0.3) is 15.9 Å². The van der Waals surface area contributed by atoms with Gasteiger partial charge in [0.25, 0.3) is 11.5 Å². The third-order valence-corrected chi connectivity index (χ3v) is 5.61. The molecule has 0 bridgehead atoms. The molecule has 0 saturated heterocycles. The summed E-state index contributed by atoms with van der Waals surface area (Å²) in [5, 5.41) is 4.53. The van der Waals surface area contributed by atoms with Crippen molar-refractivity contribution in [2.24, 2.45) is 17.9 Å². The van der Waals surface area contributed by atoms with E-state index >= 15 is 0 Å². The predicted octanol–water partition coefficient (Wildman–Crippen LogP) is 2.40. The maximum absolute atomic E-state index is 13.0. The van der Waals surface area contributed by atoms with E-state index in [9.17, 15) is 9.59 Å². The van der Waals surface area contributed by atoms with Gasteiger partial charge >= 0.3 is 0 Å². The lowest BCUT2D eigenvalue weighted by molar-refractivity contribution is -0.111. The van der Waals surface area contributed by atoms with Gasteiger partial charge in [0.1, 0.15) is 5.69 Å². The first kappa shape index (κ1) is 18.6. The summed E-state index contributed by atoms with van der Waals surface area (Å²) in [6.07, 6.45) is 0. The van der Waals surface area contributed by atoms with Crippen molar-refractivity contribution in [3.63, 3.8) is 0 Å². The number of hydrazone groups is 1. The van der Waals surface area contributed by atoms with Gasteiger partial charge in [-0.05, 0) is 31.2 Å². The number of para-hydroxylation sites is 2. The van der Waals surface area contributed by atoms with Crippen molar-refractivity contribution in [1.29, 1.82) is 0 Å². The summed E-state index contributed by atoms with van der Waals surface area (Å²) in [7, 11) is 1.78. The first-order valence-electron chi connectivity index (χ1n) is 8.81. The van der Waals surface area contributed by atoms with Crippen molar-refractivity contribution in [3.05, 3.63) is 75.7 Å². The lowest BCUT2D eigenvalue weighted by Gasteiger charge is -2.07. The lowest BCUT2D eigenvalue weighted by atomic mass is 10.3. The molecule has 4 aromatic rings. The molecule has 2 aromatic carbocycles. The Bertz CT molecular complexity index is 1270. The van der Waals surface area contributed by atoms with Crippen molar-refractivity contribution >= 4 is 38.9 Å². The van der Waals surface area contributed by atoms with Crippen LogP contribution in [0.1, 0.15) is 10.7 Å². The van der Waals surface area contributed by atoms with E-state index in [1.54, 1.807) is 18.7 Å². The highest BCUT2D eigenvalue weighted by Crippen LogP contribution is 2.22. The van der Waals surface area contributed by atoms with Crippen molar-refractivity contribution in [1.82, 2.24) is 14.3 Å². The van der Waals surface area contributed by atoms with E-state index < -0.39 is 5.91 Å². The number of carbonyl (C=O) groups excluding carboxylic acids is 1. The molecular formula is C20H18N6O2S. The number of primary amides is 1. The number of amides is 1. The number of fused-ring (bicyclic) bond motifs is 1. The van der Waals surface area contributed by atoms with Gasteiger partial charge in [0.05, 0.1) is 21.6 Å². The summed E-state index contributed by atoms with van der Waals surface area (Å²) in [4.78, 5) is 29.4. The van der Waals surface area contributed by atoms with Crippen LogP contribution in [0.2, 0.25) is 0 Å². The summed E-state index contributed by atoms with van der Waals surface area (Å²) in [6.45, 7) is 1.79. The summed E-state index contributed by atoms with van der Waals surface area (Å²) >= 11 is 1.31. The fourth-order valence-electron chi connectivity index (χ4n) is 2.99. The Labute approximate surface area is 169 Å². The Balaban J connectivity index is 1.75. The molecule has 2 heterocycles. The van der Waals surface area contributed by atoms with E-state index in [-0.39, 0.29) is 17.0 Å². The molecule has 2 aromatic heterocycles. The number of nitrogens with zero attached hydrogens (tertiary/aromatic N) is 4.